The molecular formula is C29H58NO8P. The van der Waals surface area contributed by atoms with Crippen LogP contribution >= 0.6 is 7.82 Å². The third-order valence-corrected chi connectivity index (χ3v) is 7.48. The summed E-state index contributed by atoms with van der Waals surface area (Å²) in [6.07, 6.45) is 20.2. The zero-order valence-electron chi connectivity index (χ0n) is 24.9. The van der Waals surface area contributed by atoms with Gasteiger partial charge in [-0.25, -0.2) is 4.57 Å². The second kappa shape index (κ2) is 27.2. The smallest absolute Gasteiger partial charge is 0.462 e. The maximum atomic E-state index is 12.4. The number of hydrogen-bond acceptors (Lipinski definition) is 8. The molecule has 0 aliphatic rings. The average molecular weight is 580 g/mol. The summed E-state index contributed by atoms with van der Waals surface area (Å²) in [5.74, 6) is -0.836. The summed E-state index contributed by atoms with van der Waals surface area (Å²) in [4.78, 5) is 34.2. The Morgan fingerprint density at radius 3 is 1.56 bits per heavy atom. The van der Waals surface area contributed by atoms with Crippen LogP contribution in [0.25, 0.3) is 0 Å². The molecule has 9 nitrogen and oxygen atoms in total. The van der Waals surface area contributed by atoms with Gasteiger partial charge in [-0.2, -0.15) is 0 Å². The Labute approximate surface area is 237 Å². The second-order valence-electron chi connectivity index (χ2n) is 10.3. The third kappa shape index (κ3) is 27.0. The van der Waals surface area contributed by atoms with Gasteiger partial charge >= 0.3 is 19.8 Å². The Balaban J connectivity index is 4.28. The monoisotopic (exact) mass is 579 g/mol. The van der Waals surface area contributed by atoms with E-state index in [-0.39, 0.29) is 38.6 Å². The molecule has 0 aromatic rings. The van der Waals surface area contributed by atoms with Gasteiger partial charge in [-0.1, -0.05) is 117 Å². The number of carbonyl (C=O) groups is 2. The molecule has 3 N–H and O–H groups in total. The third-order valence-electron chi connectivity index (χ3n) is 6.49. The standard InChI is InChI=1S/C29H58NO8P/c1-3-5-7-9-11-12-13-14-15-16-18-20-22-29(32)38-27(26-37-39(33,34)36-24-23-30)25-35-28(31)21-19-17-10-8-6-4-2/h27H,3-26,30H2,1-2H3,(H,33,34). The molecule has 0 saturated heterocycles. The lowest BCUT2D eigenvalue weighted by atomic mass is 10.0. The molecule has 39 heavy (non-hydrogen) atoms. The quantitative estimate of drug-likeness (QED) is 0.0529. The zero-order valence-corrected chi connectivity index (χ0v) is 25.8. The van der Waals surface area contributed by atoms with Crippen LogP contribution in [0.1, 0.15) is 142 Å². The molecule has 0 aliphatic carbocycles. The number of carbonyl (C=O) groups excluding carboxylic acids is 2. The highest BCUT2D eigenvalue weighted by Gasteiger charge is 2.25. The molecule has 0 amide bonds. The molecule has 232 valence electrons. The molecule has 0 aromatic heterocycles. The van der Waals surface area contributed by atoms with Crippen LogP contribution in [-0.4, -0.2) is 49.3 Å². The van der Waals surface area contributed by atoms with Crippen molar-refractivity contribution >= 4 is 19.8 Å². The fraction of sp³-hybridized carbons (Fsp3) is 0.931. The minimum atomic E-state index is -4.35. The van der Waals surface area contributed by atoms with Gasteiger partial charge in [-0.3, -0.25) is 18.6 Å². The van der Waals surface area contributed by atoms with Crippen molar-refractivity contribution in [3.8, 4) is 0 Å². The summed E-state index contributed by atoms with van der Waals surface area (Å²) in [5.41, 5.74) is 5.29. The fourth-order valence-electron chi connectivity index (χ4n) is 4.16. The van der Waals surface area contributed by atoms with Gasteiger partial charge < -0.3 is 20.1 Å². The van der Waals surface area contributed by atoms with Crippen molar-refractivity contribution in [1.82, 2.24) is 0 Å². The van der Waals surface area contributed by atoms with Gasteiger partial charge in [-0.15, -0.1) is 0 Å². The Kier molecular flexibility index (Phi) is 26.5. The highest BCUT2D eigenvalue weighted by atomic mass is 31.2. The Hall–Kier alpha value is -0.990. The first-order valence-corrected chi connectivity index (χ1v) is 17.0. The maximum Gasteiger partial charge on any atom is 0.472 e. The molecule has 0 bridgehead atoms. The molecule has 0 rings (SSSR count). The van der Waals surface area contributed by atoms with E-state index in [9.17, 15) is 19.0 Å². The highest BCUT2D eigenvalue weighted by Crippen LogP contribution is 2.43. The molecule has 2 atom stereocenters. The first-order valence-electron chi connectivity index (χ1n) is 15.5. The van der Waals surface area contributed by atoms with Crippen LogP contribution in [0.3, 0.4) is 0 Å². The van der Waals surface area contributed by atoms with Crippen LogP contribution in [-0.2, 0) is 32.7 Å². The van der Waals surface area contributed by atoms with Gasteiger partial charge in [0.2, 0.25) is 0 Å². The van der Waals surface area contributed by atoms with Crippen LogP contribution < -0.4 is 5.73 Å². The van der Waals surface area contributed by atoms with E-state index in [1.54, 1.807) is 0 Å². The molecule has 0 aromatic carbocycles. The molecule has 10 heteroatoms. The normalized spacial score (nSPS) is 13.6. The van der Waals surface area contributed by atoms with Crippen LogP contribution in [0.4, 0.5) is 0 Å². The second-order valence-corrected chi connectivity index (χ2v) is 11.8. The largest absolute Gasteiger partial charge is 0.472 e. The van der Waals surface area contributed by atoms with Crippen molar-refractivity contribution in [2.24, 2.45) is 5.73 Å². The van der Waals surface area contributed by atoms with Crippen molar-refractivity contribution in [2.45, 2.75) is 148 Å². The molecule has 2 unspecified atom stereocenters. The predicted octanol–water partition coefficient (Wildman–Crippen LogP) is 7.38. The van der Waals surface area contributed by atoms with E-state index < -0.39 is 26.5 Å². The first-order chi connectivity index (χ1) is 18.8. The predicted molar refractivity (Wildman–Crippen MR) is 155 cm³/mol. The van der Waals surface area contributed by atoms with Crippen molar-refractivity contribution in [2.75, 3.05) is 26.4 Å². The summed E-state index contributed by atoms with van der Waals surface area (Å²) in [7, 11) is -4.35. The molecule has 0 heterocycles. The lowest BCUT2D eigenvalue weighted by Crippen LogP contribution is -2.29. The molecule has 0 fully saturated rings. The van der Waals surface area contributed by atoms with Gasteiger partial charge in [0.05, 0.1) is 13.2 Å². The Morgan fingerprint density at radius 1 is 0.667 bits per heavy atom. The molecule has 0 radical (unpaired) electrons. The topological polar surface area (TPSA) is 134 Å². The number of nitrogens with two attached hydrogens (primary N) is 1. The minimum absolute atomic E-state index is 0.0570. The lowest BCUT2D eigenvalue weighted by molar-refractivity contribution is -0.161. The summed E-state index contributed by atoms with van der Waals surface area (Å²) < 4.78 is 32.3. The number of phosphoric ester groups is 1. The van der Waals surface area contributed by atoms with E-state index in [4.69, 9.17) is 24.3 Å². The SMILES string of the molecule is CCCCCCCCCCCCCCC(=O)OC(COC(=O)CCCCCCCC)COP(=O)(O)OCCN. The van der Waals surface area contributed by atoms with Crippen molar-refractivity contribution in [1.29, 1.82) is 0 Å². The van der Waals surface area contributed by atoms with E-state index in [0.29, 0.717) is 6.42 Å². The van der Waals surface area contributed by atoms with Gasteiger partial charge in [-0.05, 0) is 12.8 Å². The van der Waals surface area contributed by atoms with E-state index in [1.807, 2.05) is 0 Å². The van der Waals surface area contributed by atoms with Gasteiger partial charge in [0.15, 0.2) is 6.10 Å². The van der Waals surface area contributed by atoms with E-state index in [1.165, 1.54) is 70.6 Å². The minimum Gasteiger partial charge on any atom is -0.462 e. The molecule has 0 saturated carbocycles. The first kappa shape index (κ1) is 38.0. The van der Waals surface area contributed by atoms with Crippen LogP contribution in [0, 0.1) is 0 Å². The summed E-state index contributed by atoms with van der Waals surface area (Å²) in [6, 6.07) is 0. The van der Waals surface area contributed by atoms with Gasteiger partial charge in [0, 0.05) is 19.4 Å². The van der Waals surface area contributed by atoms with E-state index >= 15 is 0 Å². The number of unbranched alkanes of at least 4 members (excludes halogenated alkanes) is 16. The Bertz CT molecular complexity index is 634. The van der Waals surface area contributed by atoms with Crippen LogP contribution in [0.2, 0.25) is 0 Å². The van der Waals surface area contributed by atoms with E-state index in [0.717, 1.165) is 38.5 Å². The average Bonchev–Trinajstić information content (AvgIpc) is 2.91. The number of hydrogen-bond donors (Lipinski definition) is 2. The number of phosphoric acid groups is 1. The van der Waals surface area contributed by atoms with Crippen molar-refractivity contribution in [3.05, 3.63) is 0 Å². The zero-order chi connectivity index (χ0) is 29.0. The lowest BCUT2D eigenvalue weighted by Gasteiger charge is -2.19. The molecular weight excluding hydrogens is 521 g/mol. The van der Waals surface area contributed by atoms with Crippen LogP contribution in [0.5, 0.6) is 0 Å². The van der Waals surface area contributed by atoms with Gasteiger partial charge in [0.25, 0.3) is 0 Å². The highest BCUT2D eigenvalue weighted by molar-refractivity contribution is 7.47. The number of esters is 2. The number of rotatable bonds is 29. The molecule has 0 aliphatic heterocycles. The van der Waals surface area contributed by atoms with Crippen molar-refractivity contribution in [3.63, 3.8) is 0 Å². The Morgan fingerprint density at radius 2 is 1.10 bits per heavy atom. The van der Waals surface area contributed by atoms with E-state index in [2.05, 4.69) is 13.8 Å². The number of ether oxygens (including phenoxy) is 2. The fourth-order valence-corrected chi connectivity index (χ4v) is 4.93. The van der Waals surface area contributed by atoms with Crippen LogP contribution in [0.15, 0.2) is 0 Å². The summed E-state index contributed by atoms with van der Waals surface area (Å²) in [6.45, 7) is 3.63. The molecule has 0 spiro atoms. The maximum absolute atomic E-state index is 12.4. The summed E-state index contributed by atoms with van der Waals surface area (Å²) >= 11 is 0. The van der Waals surface area contributed by atoms with Crippen molar-refractivity contribution < 1.29 is 37.6 Å². The summed E-state index contributed by atoms with van der Waals surface area (Å²) in [5, 5.41) is 0. The van der Waals surface area contributed by atoms with Gasteiger partial charge in [0.1, 0.15) is 6.61 Å².